The van der Waals surface area contributed by atoms with Gasteiger partial charge in [0.2, 0.25) is 0 Å². The van der Waals surface area contributed by atoms with E-state index in [0.717, 1.165) is 23.4 Å². The van der Waals surface area contributed by atoms with Crippen LogP contribution in [0.4, 0.5) is 10.7 Å². The van der Waals surface area contributed by atoms with Gasteiger partial charge in [-0.15, -0.1) is 11.3 Å². The Balaban J connectivity index is 2.30. The van der Waals surface area contributed by atoms with Gasteiger partial charge in [0.1, 0.15) is 4.88 Å². The van der Waals surface area contributed by atoms with E-state index in [9.17, 15) is 4.79 Å². The highest BCUT2D eigenvalue weighted by atomic mass is 32.1. The van der Waals surface area contributed by atoms with Crippen molar-refractivity contribution in [1.82, 2.24) is 0 Å². The molecule has 0 bridgehead atoms. The zero-order valence-electron chi connectivity index (χ0n) is 12.5. The molecule has 1 heterocycles. The van der Waals surface area contributed by atoms with Crippen molar-refractivity contribution in [1.29, 1.82) is 0 Å². The smallest absolute Gasteiger partial charge is 0.350 e. The van der Waals surface area contributed by atoms with Crippen molar-refractivity contribution < 1.29 is 9.53 Å². The molecule has 1 fully saturated rings. The first kappa shape index (κ1) is 15.2. The third kappa shape index (κ3) is 3.08. The Kier molecular flexibility index (Phi) is 4.91. The van der Waals surface area contributed by atoms with Gasteiger partial charge >= 0.3 is 5.97 Å². The fourth-order valence-electron chi connectivity index (χ4n) is 2.37. The third-order valence-electron chi connectivity index (χ3n) is 3.75. The van der Waals surface area contributed by atoms with Crippen LogP contribution in [0.2, 0.25) is 0 Å². The first-order valence-electron chi connectivity index (χ1n) is 7.48. The van der Waals surface area contributed by atoms with Gasteiger partial charge in [-0.2, -0.15) is 0 Å². The molecule has 0 unspecified atom stereocenters. The first-order valence-corrected chi connectivity index (χ1v) is 8.29. The van der Waals surface area contributed by atoms with Gasteiger partial charge in [-0.25, -0.2) is 4.79 Å². The van der Waals surface area contributed by atoms with Crippen LogP contribution in [0, 0.1) is 0 Å². The Labute approximate surface area is 124 Å². The van der Waals surface area contributed by atoms with Crippen molar-refractivity contribution in [2.75, 3.05) is 17.7 Å². The summed E-state index contributed by atoms with van der Waals surface area (Å²) in [6.07, 6.45) is 4.46. The van der Waals surface area contributed by atoms with E-state index in [4.69, 9.17) is 10.5 Å². The predicted octanol–water partition coefficient (Wildman–Crippen LogP) is 3.98. The van der Waals surface area contributed by atoms with E-state index in [0.29, 0.717) is 29.1 Å². The molecule has 0 radical (unpaired) electrons. The lowest BCUT2D eigenvalue weighted by Gasteiger charge is -2.16. The lowest BCUT2D eigenvalue weighted by atomic mass is 10.1. The number of anilines is 2. The molecule has 20 heavy (non-hydrogen) atoms. The highest BCUT2D eigenvalue weighted by Crippen LogP contribution is 2.51. The van der Waals surface area contributed by atoms with Gasteiger partial charge in [0.15, 0.2) is 0 Å². The van der Waals surface area contributed by atoms with Gasteiger partial charge in [-0.1, -0.05) is 13.8 Å². The Morgan fingerprint density at radius 1 is 1.40 bits per heavy atom. The molecule has 1 aliphatic carbocycles. The summed E-state index contributed by atoms with van der Waals surface area (Å²) in [4.78, 5) is 12.5. The summed E-state index contributed by atoms with van der Waals surface area (Å²) in [6, 6.07) is 0.431. The predicted molar refractivity (Wildman–Crippen MR) is 84.7 cm³/mol. The highest BCUT2D eigenvalue weighted by molar-refractivity contribution is 7.18. The zero-order chi connectivity index (χ0) is 14.7. The lowest BCUT2D eigenvalue weighted by molar-refractivity contribution is 0.0533. The molecular weight excluding hydrogens is 272 g/mol. The van der Waals surface area contributed by atoms with Crippen LogP contribution in [0.3, 0.4) is 0 Å². The van der Waals surface area contributed by atoms with Crippen molar-refractivity contribution in [2.24, 2.45) is 0 Å². The number of nitrogens with two attached hydrogens (primary N) is 1. The molecule has 112 valence electrons. The molecule has 0 saturated heterocycles. The molecule has 0 aromatic carbocycles. The quantitative estimate of drug-likeness (QED) is 0.747. The maximum absolute atomic E-state index is 12.0. The topological polar surface area (TPSA) is 64.3 Å². The minimum Gasteiger partial charge on any atom is -0.462 e. The van der Waals surface area contributed by atoms with E-state index in [1.165, 1.54) is 24.2 Å². The number of nitrogens with one attached hydrogen (secondary N) is 1. The van der Waals surface area contributed by atoms with E-state index in [1.54, 1.807) is 0 Å². The van der Waals surface area contributed by atoms with Crippen molar-refractivity contribution >= 4 is 28.0 Å². The molecule has 1 aromatic heterocycles. The van der Waals surface area contributed by atoms with E-state index in [2.05, 4.69) is 19.2 Å². The summed E-state index contributed by atoms with van der Waals surface area (Å²) in [5.74, 6) is 0.223. The maximum atomic E-state index is 12.0. The number of nitrogen functional groups attached to an aromatic ring is 1. The summed E-state index contributed by atoms with van der Waals surface area (Å²) in [6.45, 7) is 6.53. The molecule has 2 rings (SSSR count). The van der Waals surface area contributed by atoms with Crippen LogP contribution in [-0.2, 0) is 4.74 Å². The minimum atomic E-state index is -0.297. The number of carbonyl (C=O) groups excluding carboxylic acids is 1. The summed E-state index contributed by atoms with van der Waals surface area (Å²) in [5.41, 5.74) is 7.98. The van der Waals surface area contributed by atoms with Crippen molar-refractivity contribution in [3.05, 3.63) is 10.4 Å². The van der Waals surface area contributed by atoms with Crippen molar-refractivity contribution in [2.45, 2.75) is 58.4 Å². The van der Waals surface area contributed by atoms with Gasteiger partial charge in [0.05, 0.1) is 17.3 Å². The fourth-order valence-corrected chi connectivity index (χ4v) is 3.55. The monoisotopic (exact) mass is 296 g/mol. The Hall–Kier alpha value is -1.23. The Morgan fingerprint density at radius 3 is 2.55 bits per heavy atom. The van der Waals surface area contributed by atoms with E-state index in [-0.39, 0.29) is 5.97 Å². The van der Waals surface area contributed by atoms with Crippen LogP contribution in [0.15, 0.2) is 0 Å². The summed E-state index contributed by atoms with van der Waals surface area (Å²) < 4.78 is 5.10. The molecule has 1 aliphatic rings. The Morgan fingerprint density at radius 2 is 2.05 bits per heavy atom. The molecule has 0 amide bonds. The van der Waals surface area contributed by atoms with Crippen LogP contribution < -0.4 is 11.1 Å². The lowest BCUT2D eigenvalue weighted by Crippen LogP contribution is -2.16. The molecule has 1 saturated carbocycles. The Bertz CT molecular complexity index is 476. The van der Waals surface area contributed by atoms with Gasteiger partial charge in [0, 0.05) is 11.6 Å². The number of hydrogen-bond donors (Lipinski definition) is 2. The SMILES string of the molecule is CCOC(=O)c1sc(NC(CC)CC)c(C2CC2)c1N. The molecular formula is C15H24N2O2S. The summed E-state index contributed by atoms with van der Waals surface area (Å²) in [7, 11) is 0. The third-order valence-corrected chi connectivity index (χ3v) is 4.88. The molecule has 0 aliphatic heterocycles. The number of ether oxygens (including phenoxy) is 1. The standard InChI is InChI=1S/C15H24N2O2S/c1-4-10(5-2)17-14-11(9-7-8-9)12(16)13(20-14)15(18)19-6-3/h9-10,17H,4-8,16H2,1-3H3. The van der Waals surface area contributed by atoms with Crippen LogP contribution in [0.25, 0.3) is 0 Å². The fraction of sp³-hybridized carbons (Fsp3) is 0.667. The zero-order valence-corrected chi connectivity index (χ0v) is 13.3. The molecule has 0 atom stereocenters. The summed E-state index contributed by atoms with van der Waals surface area (Å²) in [5, 5.41) is 4.63. The van der Waals surface area contributed by atoms with Crippen LogP contribution in [-0.4, -0.2) is 18.6 Å². The number of esters is 1. The summed E-state index contributed by atoms with van der Waals surface area (Å²) >= 11 is 1.45. The molecule has 3 N–H and O–H groups in total. The van der Waals surface area contributed by atoms with Gasteiger partial charge < -0.3 is 15.8 Å². The number of carbonyl (C=O) groups is 1. The average Bonchev–Trinajstić information content (AvgIpc) is 3.21. The maximum Gasteiger partial charge on any atom is 0.350 e. The van der Waals surface area contributed by atoms with E-state index >= 15 is 0 Å². The first-order chi connectivity index (χ1) is 9.62. The minimum absolute atomic E-state index is 0.297. The number of rotatable bonds is 7. The normalized spacial score (nSPS) is 14.6. The molecule has 4 nitrogen and oxygen atoms in total. The number of hydrogen-bond acceptors (Lipinski definition) is 5. The van der Waals surface area contributed by atoms with E-state index < -0.39 is 0 Å². The average molecular weight is 296 g/mol. The molecule has 0 spiro atoms. The van der Waals surface area contributed by atoms with Crippen molar-refractivity contribution in [3.63, 3.8) is 0 Å². The molecule has 5 heteroatoms. The number of thiophene rings is 1. The van der Waals surface area contributed by atoms with Gasteiger partial charge in [0.25, 0.3) is 0 Å². The van der Waals surface area contributed by atoms with Crippen molar-refractivity contribution in [3.8, 4) is 0 Å². The molecule has 1 aromatic rings. The second kappa shape index (κ2) is 6.48. The van der Waals surface area contributed by atoms with Gasteiger partial charge in [-0.05, 0) is 38.5 Å². The second-order valence-corrected chi connectivity index (χ2v) is 6.26. The van der Waals surface area contributed by atoms with Gasteiger partial charge in [-0.3, -0.25) is 0 Å². The van der Waals surface area contributed by atoms with Crippen LogP contribution in [0.1, 0.15) is 67.6 Å². The largest absolute Gasteiger partial charge is 0.462 e. The highest BCUT2D eigenvalue weighted by Gasteiger charge is 2.33. The second-order valence-electron chi connectivity index (χ2n) is 5.24. The van der Waals surface area contributed by atoms with Crippen LogP contribution in [0.5, 0.6) is 0 Å². The van der Waals surface area contributed by atoms with E-state index in [1.807, 2.05) is 6.92 Å². The van der Waals surface area contributed by atoms with Crippen LogP contribution >= 0.6 is 11.3 Å².